The number of anilines is 1. The maximum absolute atomic E-state index is 13.0. The number of carboxylic acids is 1. The molecule has 2 bridgehead atoms. The first kappa shape index (κ1) is 22.1. The summed E-state index contributed by atoms with van der Waals surface area (Å²) in [6.45, 7) is 2.32. The number of aliphatic carboxylic acids is 1. The summed E-state index contributed by atoms with van der Waals surface area (Å²) in [7, 11) is 0. The summed E-state index contributed by atoms with van der Waals surface area (Å²) in [6, 6.07) is 6.46. The van der Waals surface area contributed by atoms with Crippen LogP contribution in [-0.4, -0.2) is 37.7 Å². The number of hydrogen-bond acceptors (Lipinski definition) is 3. The highest BCUT2D eigenvalue weighted by Crippen LogP contribution is 2.76. The van der Waals surface area contributed by atoms with Crippen LogP contribution in [0.1, 0.15) is 6.92 Å². The molecule has 4 atom stereocenters. The van der Waals surface area contributed by atoms with Crippen molar-refractivity contribution in [1.82, 2.24) is 0 Å². The van der Waals surface area contributed by atoms with E-state index in [0.717, 1.165) is 0 Å². The zero-order valence-electron chi connectivity index (χ0n) is 14.1. The van der Waals surface area contributed by atoms with E-state index in [9.17, 15) is 14.7 Å². The lowest BCUT2D eigenvalue weighted by Crippen LogP contribution is -2.47. The van der Waals surface area contributed by atoms with E-state index < -0.39 is 37.8 Å². The number of hydrogen-bond donors (Lipinski definition) is 2. The molecule has 2 aliphatic rings. The molecule has 0 spiro atoms. The first-order chi connectivity index (χ1) is 12.9. The van der Waals surface area contributed by atoms with E-state index in [-0.39, 0.29) is 10.1 Å². The van der Waals surface area contributed by atoms with Gasteiger partial charge in [0.2, 0.25) is 5.91 Å². The number of rotatable bonds is 5. The lowest BCUT2D eigenvalue weighted by atomic mass is 9.81. The lowest BCUT2D eigenvalue weighted by molar-refractivity contribution is -0.146. The molecule has 1 saturated carbocycles. The Labute approximate surface area is 190 Å². The molecule has 0 heterocycles. The topological polar surface area (TPSA) is 75.6 Å². The van der Waals surface area contributed by atoms with Gasteiger partial charge in [0.1, 0.15) is 15.5 Å². The number of nitrogens with one attached hydrogen (secondary N) is 1. The van der Waals surface area contributed by atoms with Crippen LogP contribution in [0.2, 0.25) is 0 Å². The molecule has 0 saturated heterocycles. The van der Waals surface area contributed by atoms with Crippen LogP contribution in [0.15, 0.2) is 34.3 Å². The molecule has 1 aromatic rings. The fourth-order valence-electron chi connectivity index (χ4n) is 3.65. The van der Waals surface area contributed by atoms with Crippen molar-refractivity contribution in [1.29, 1.82) is 0 Å². The standard InChI is InChI=1S/C17H13Cl6NO4/c1-2-28-8-5-3-7(4-6-8)24-13(25)9-10(14(26)27)16(21)12(19)11(18)15(9,20)17(16,22)23/h3-6,9-10H,2H2,1H3,(H,24,25)(H,26,27)/t9-,10+,15-,16-/m0/s1. The van der Waals surface area contributed by atoms with Gasteiger partial charge in [0.15, 0.2) is 4.33 Å². The van der Waals surface area contributed by atoms with Gasteiger partial charge in [-0.15, -0.1) is 23.2 Å². The fraction of sp³-hybridized carbons (Fsp3) is 0.412. The molecule has 28 heavy (non-hydrogen) atoms. The van der Waals surface area contributed by atoms with E-state index in [1.54, 1.807) is 24.3 Å². The zero-order chi connectivity index (χ0) is 21.1. The van der Waals surface area contributed by atoms with Crippen molar-refractivity contribution in [2.75, 3.05) is 11.9 Å². The molecule has 5 nitrogen and oxygen atoms in total. The highest BCUT2D eigenvalue weighted by molar-refractivity contribution is 6.66. The van der Waals surface area contributed by atoms with Gasteiger partial charge in [-0.05, 0) is 31.2 Å². The van der Waals surface area contributed by atoms with Crippen LogP contribution in [0.25, 0.3) is 0 Å². The Morgan fingerprint density at radius 1 is 1.04 bits per heavy atom. The number of carbonyl (C=O) groups is 2. The third-order valence-electron chi connectivity index (χ3n) is 4.92. The largest absolute Gasteiger partial charge is 0.494 e. The van der Waals surface area contributed by atoms with Crippen LogP contribution in [0, 0.1) is 11.8 Å². The molecular formula is C17H13Cl6NO4. The van der Waals surface area contributed by atoms with Crippen molar-refractivity contribution in [2.24, 2.45) is 11.8 Å². The molecule has 3 rings (SSSR count). The first-order valence-corrected chi connectivity index (χ1v) is 10.3. The van der Waals surface area contributed by atoms with Crippen molar-refractivity contribution in [3.05, 3.63) is 34.3 Å². The number of allylic oxidation sites excluding steroid dienone is 2. The summed E-state index contributed by atoms with van der Waals surface area (Å²) in [5.74, 6) is -4.69. The number of amides is 1. The number of carboxylic acid groups (broad SMARTS) is 1. The predicted octanol–water partition coefficient (Wildman–Crippen LogP) is 5.19. The minimum Gasteiger partial charge on any atom is -0.494 e. The third kappa shape index (κ3) is 2.74. The van der Waals surface area contributed by atoms with Crippen LogP contribution in [0.3, 0.4) is 0 Å². The molecule has 0 radical (unpaired) electrons. The highest BCUT2D eigenvalue weighted by Gasteiger charge is 2.85. The summed E-state index contributed by atoms with van der Waals surface area (Å²) in [5.41, 5.74) is 0.380. The number of halogens is 6. The summed E-state index contributed by atoms with van der Waals surface area (Å²) in [6.07, 6.45) is 0. The molecule has 152 valence electrons. The zero-order valence-corrected chi connectivity index (χ0v) is 18.6. The van der Waals surface area contributed by atoms with Gasteiger partial charge >= 0.3 is 5.97 Å². The second-order valence-corrected chi connectivity index (χ2v) is 9.64. The van der Waals surface area contributed by atoms with Crippen molar-refractivity contribution in [3.63, 3.8) is 0 Å². The van der Waals surface area contributed by atoms with Gasteiger partial charge in [-0.1, -0.05) is 46.4 Å². The van der Waals surface area contributed by atoms with Gasteiger partial charge in [0, 0.05) is 5.69 Å². The number of alkyl halides is 4. The number of fused-ring (bicyclic) bond motifs is 2. The van der Waals surface area contributed by atoms with E-state index in [1.807, 2.05) is 6.92 Å². The van der Waals surface area contributed by atoms with Crippen molar-refractivity contribution >= 4 is 87.2 Å². The van der Waals surface area contributed by atoms with Crippen LogP contribution in [0.5, 0.6) is 5.75 Å². The van der Waals surface area contributed by atoms with E-state index >= 15 is 0 Å². The van der Waals surface area contributed by atoms with Crippen molar-refractivity contribution in [2.45, 2.75) is 21.0 Å². The Morgan fingerprint density at radius 2 is 1.54 bits per heavy atom. The molecule has 2 aliphatic carbocycles. The lowest BCUT2D eigenvalue weighted by Gasteiger charge is -2.33. The Balaban J connectivity index is 2.00. The highest BCUT2D eigenvalue weighted by atomic mass is 35.5. The van der Waals surface area contributed by atoms with Gasteiger partial charge in [-0.3, -0.25) is 9.59 Å². The van der Waals surface area contributed by atoms with Crippen LogP contribution in [0.4, 0.5) is 5.69 Å². The van der Waals surface area contributed by atoms with E-state index in [4.69, 9.17) is 74.3 Å². The van der Waals surface area contributed by atoms with Gasteiger partial charge in [0.25, 0.3) is 0 Å². The first-order valence-electron chi connectivity index (χ1n) is 8.03. The third-order valence-corrected chi connectivity index (χ3v) is 9.18. The Kier molecular flexibility index (Phi) is 5.76. The van der Waals surface area contributed by atoms with E-state index in [1.165, 1.54) is 0 Å². The summed E-state index contributed by atoms with van der Waals surface area (Å²) in [5, 5.41) is 11.8. The second kappa shape index (κ2) is 7.29. The molecule has 0 unspecified atom stereocenters. The summed E-state index contributed by atoms with van der Waals surface area (Å²) >= 11 is 38.2. The number of benzene rings is 1. The minimum atomic E-state index is -2.14. The normalized spacial score (nSPS) is 33.1. The molecule has 11 heteroatoms. The molecule has 1 amide bonds. The summed E-state index contributed by atoms with van der Waals surface area (Å²) in [4.78, 5) is 20.9. The van der Waals surface area contributed by atoms with Crippen LogP contribution >= 0.6 is 69.6 Å². The molecule has 0 aromatic heterocycles. The maximum Gasteiger partial charge on any atom is 0.309 e. The number of carbonyl (C=O) groups excluding carboxylic acids is 1. The van der Waals surface area contributed by atoms with E-state index in [2.05, 4.69) is 5.32 Å². The van der Waals surface area contributed by atoms with Crippen molar-refractivity contribution < 1.29 is 19.4 Å². The number of ether oxygens (including phenoxy) is 1. The van der Waals surface area contributed by atoms with Gasteiger partial charge in [-0.2, -0.15) is 0 Å². The fourth-order valence-corrected chi connectivity index (χ4v) is 6.58. The van der Waals surface area contributed by atoms with Crippen LogP contribution < -0.4 is 10.1 Å². The maximum atomic E-state index is 13.0. The molecule has 2 N–H and O–H groups in total. The molecule has 0 aliphatic heterocycles. The van der Waals surface area contributed by atoms with Crippen LogP contribution in [-0.2, 0) is 9.59 Å². The van der Waals surface area contributed by atoms with Gasteiger partial charge in [0.05, 0.1) is 28.5 Å². The monoisotopic (exact) mass is 505 g/mol. The van der Waals surface area contributed by atoms with Gasteiger partial charge in [-0.25, -0.2) is 0 Å². The summed E-state index contributed by atoms with van der Waals surface area (Å²) < 4.78 is 3.20. The predicted molar refractivity (Wildman–Crippen MR) is 111 cm³/mol. The molecule has 1 fully saturated rings. The Bertz CT molecular complexity index is 873. The average molecular weight is 508 g/mol. The Morgan fingerprint density at radius 3 is 2.00 bits per heavy atom. The Hall–Kier alpha value is -0.560. The molecular weight excluding hydrogens is 495 g/mol. The van der Waals surface area contributed by atoms with Crippen molar-refractivity contribution in [3.8, 4) is 5.75 Å². The molecule has 1 aromatic carbocycles. The van der Waals surface area contributed by atoms with E-state index in [0.29, 0.717) is 18.0 Å². The second-order valence-electron chi connectivity index (χ2n) is 6.37. The smallest absolute Gasteiger partial charge is 0.309 e. The quantitative estimate of drug-likeness (QED) is 0.538. The van der Waals surface area contributed by atoms with Gasteiger partial charge < -0.3 is 15.2 Å². The SMILES string of the molecule is CCOc1ccc(NC(=O)[C@@H]2[C@H](C(=O)O)[C@]3(Cl)C(Cl)=C(Cl)[C@]2(Cl)C3(Cl)Cl)cc1. The minimum absolute atomic E-state index is 0.250. The average Bonchev–Trinajstić information content (AvgIpc) is 2.83.